The normalized spacial score (nSPS) is 25.4. The third-order valence-electron chi connectivity index (χ3n) is 3.66. The van der Waals surface area contributed by atoms with Crippen LogP contribution in [0.4, 0.5) is 5.69 Å². The Hall–Kier alpha value is -1.18. The quantitative estimate of drug-likeness (QED) is 0.743. The van der Waals surface area contributed by atoms with Crippen LogP contribution in [0.2, 0.25) is 0 Å². The van der Waals surface area contributed by atoms with Gasteiger partial charge in [-0.2, -0.15) is 0 Å². The van der Waals surface area contributed by atoms with Crippen LogP contribution in [-0.4, -0.2) is 11.1 Å². The summed E-state index contributed by atoms with van der Waals surface area (Å²) >= 11 is 0. The molecule has 2 heteroatoms. The Labute approximate surface area is 97.7 Å². The highest BCUT2D eigenvalue weighted by atomic mass is 16.3. The average molecular weight is 219 g/mol. The molecule has 0 spiro atoms. The molecule has 88 valence electrons. The summed E-state index contributed by atoms with van der Waals surface area (Å²) in [6.45, 7) is 4.26. The van der Waals surface area contributed by atoms with E-state index < -0.39 is 0 Å². The van der Waals surface area contributed by atoms with E-state index in [9.17, 15) is 5.11 Å². The molecule has 0 bridgehead atoms. The van der Waals surface area contributed by atoms with E-state index >= 15 is 0 Å². The van der Waals surface area contributed by atoms with Crippen LogP contribution >= 0.6 is 0 Å². The van der Waals surface area contributed by atoms with Gasteiger partial charge < -0.3 is 10.4 Å². The Morgan fingerprint density at radius 1 is 1.25 bits per heavy atom. The summed E-state index contributed by atoms with van der Waals surface area (Å²) in [6.07, 6.45) is 5.29. The molecule has 1 aliphatic carbocycles. The Bertz CT molecular complexity index is 362. The molecule has 0 saturated heterocycles. The summed E-state index contributed by atoms with van der Waals surface area (Å²) in [4.78, 5) is 0. The van der Waals surface area contributed by atoms with Crippen LogP contribution in [-0.2, 0) is 0 Å². The van der Waals surface area contributed by atoms with Crippen LogP contribution in [0.25, 0.3) is 0 Å². The minimum absolute atomic E-state index is 0.377. The van der Waals surface area contributed by atoms with Gasteiger partial charge in [0.15, 0.2) is 0 Å². The van der Waals surface area contributed by atoms with E-state index in [1.165, 1.54) is 25.7 Å². The maximum Gasteiger partial charge on any atom is 0.118 e. The van der Waals surface area contributed by atoms with Crippen molar-refractivity contribution in [1.29, 1.82) is 0 Å². The number of rotatable bonds is 2. The molecule has 0 aromatic heterocycles. The molecule has 1 saturated carbocycles. The first kappa shape index (κ1) is 11.3. The van der Waals surface area contributed by atoms with E-state index in [0.717, 1.165) is 17.2 Å². The van der Waals surface area contributed by atoms with Crippen LogP contribution in [0.1, 0.15) is 38.2 Å². The largest absolute Gasteiger partial charge is 0.508 e. The highest BCUT2D eigenvalue weighted by Gasteiger charge is 2.20. The standard InChI is InChI=1S/C14H21NO/c1-10-5-3-4-6-13(10)15-12-7-8-14(16)11(2)9-12/h7-10,13,15-16H,3-6H2,1-2H3. The summed E-state index contributed by atoms with van der Waals surface area (Å²) in [5.74, 6) is 1.13. The monoisotopic (exact) mass is 219 g/mol. The first-order valence-electron chi connectivity index (χ1n) is 6.23. The molecule has 2 rings (SSSR count). The first-order valence-corrected chi connectivity index (χ1v) is 6.23. The van der Waals surface area contributed by atoms with E-state index in [1.54, 1.807) is 6.07 Å². The number of aryl methyl sites for hydroxylation is 1. The van der Waals surface area contributed by atoms with Gasteiger partial charge in [-0.1, -0.05) is 19.8 Å². The van der Waals surface area contributed by atoms with Crippen molar-refractivity contribution in [3.63, 3.8) is 0 Å². The fourth-order valence-electron chi connectivity index (χ4n) is 2.49. The number of phenols is 1. The Morgan fingerprint density at radius 3 is 2.69 bits per heavy atom. The molecule has 1 aromatic rings. The summed E-state index contributed by atoms with van der Waals surface area (Å²) in [7, 11) is 0. The van der Waals surface area contributed by atoms with Gasteiger partial charge in [0.25, 0.3) is 0 Å². The second-order valence-electron chi connectivity index (χ2n) is 5.01. The molecular weight excluding hydrogens is 198 g/mol. The zero-order valence-corrected chi connectivity index (χ0v) is 10.2. The van der Waals surface area contributed by atoms with E-state index in [4.69, 9.17) is 0 Å². The molecule has 0 radical (unpaired) electrons. The topological polar surface area (TPSA) is 32.3 Å². The molecule has 1 fully saturated rings. The lowest BCUT2D eigenvalue weighted by Crippen LogP contribution is -2.30. The molecule has 2 unspecified atom stereocenters. The molecule has 2 N–H and O–H groups in total. The van der Waals surface area contributed by atoms with E-state index in [-0.39, 0.29) is 0 Å². The van der Waals surface area contributed by atoms with Crippen LogP contribution in [0.3, 0.4) is 0 Å². The Balaban J connectivity index is 2.05. The van der Waals surface area contributed by atoms with Crippen molar-refractivity contribution in [2.45, 2.75) is 45.6 Å². The minimum Gasteiger partial charge on any atom is -0.508 e. The molecule has 1 aromatic carbocycles. The van der Waals surface area contributed by atoms with Gasteiger partial charge in [0.05, 0.1) is 0 Å². The van der Waals surface area contributed by atoms with Gasteiger partial charge in [-0.25, -0.2) is 0 Å². The van der Waals surface area contributed by atoms with Gasteiger partial charge in [-0.05, 0) is 49.4 Å². The second-order valence-corrected chi connectivity index (χ2v) is 5.01. The SMILES string of the molecule is Cc1cc(NC2CCCCC2C)ccc1O. The maximum absolute atomic E-state index is 9.47. The van der Waals surface area contributed by atoms with Gasteiger partial charge in [0, 0.05) is 11.7 Å². The second kappa shape index (κ2) is 4.77. The first-order chi connectivity index (χ1) is 7.66. The van der Waals surface area contributed by atoms with Crippen molar-refractivity contribution >= 4 is 5.69 Å². The molecule has 0 aliphatic heterocycles. The van der Waals surface area contributed by atoms with E-state index in [2.05, 4.69) is 12.2 Å². The number of aromatic hydroxyl groups is 1. The zero-order valence-electron chi connectivity index (χ0n) is 10.2. The summed E-state index contributed by atoms with van der Waals surface area (Å²) in [5, 5.41) is 13.1. The number of hydrogen-bond donors (Lipinski definition) is 2. The molecule has 1 aliphatic rings. The van der Waals surface area contributed by atoms with Crippen molar-refractivity contribution in [3.8, 4) is 5.75 Å². The van der Waals surface area contributed by atoms with Crippen molar-refractivity contribution in [1.82, 2.24) is 0 Å². The highest BCUT2D eigenvalue weighted by Crippen LogP contribution is 2.28. The molecule has 0 heterocycles. The fraction of sp³-hybridized carbons (Fsp3) is 0.571. The molecule has 2 atom stereocenters. The lowest BCUT2D eigenvalue weighted by Gasteiger charge is -2.30. The third kappa shape index (κ3) is 2.49. The summed E-state index contributed by atoms with van der Waals surface area (Å²) in [5.41, 5.74) is 2.07. The van der Waals surface area contributed by atoms with Crippen LogP contribution in [0.5, 0.6) is 5.75 Å². The van der Waals surface area contributed by atoms with Crippen molar-refractivity contribution in [2.75, 3.05) is 5.32 Å². The zero-order chi connectivity index (χ0) is 11.5. The van der Waals surface area contributed by atoms with Crippen molar-refractivity contribution in [3.05, 3.63) is 23.8 Å². The maximum atomic E-state index is 9.47. The lowest BCUT2D eigenvalue weighted by atomic mass is 9.86. The third-order valence-corrected chi connectivity index (χ3v) is 3.66. The van der Waals surface area contributed by atoms with Crippen LogP contribution < -0.4 is 5.32 Å². The van der Waals surface area contributed by atoms with Crippen molar-refractivity contribution in [2.24, 2.45) is 5.92 Å². The van der Waals surface area contributed by atoms with Gasteiger partial charge in [0.1, 0.15) is 5.75 Å². The molecule has 0 amide bonds. The number of phenolic OH excluding ortho intramolecular Hbond substituents is 1. The number of nitrogens with one attached hydrogen (secondary N) is 1. The van der Waals surface area contributed by atoms with E-state index in [1.807, 2.05) is 19.1 Å². The number of benzene rings is 1. The minimum atomic E-state index is 0.377. The van der Waals surface area contributed by atoms with Crippen LogP contribution in [0, 0.1) is 12.8 Å². The Morgan fingerprint density at radius 2 is 2.00 bits per heavy atom. The smallest absolute Gasteiger partial charge is 0.118 e. The number of hydrogen-bond acceptors (Lipinski definition) is 2. The molecular formula is C14H21NO. The Kier molecular flexibility index (Phi) is 3.37. The average Bonchev–Trinajstić information content (AvgIpc) is 2.27. The van der Waals surface area contributed by atoms with Gasteiger partial charge in [-0.15, -0.1) is 0 Å². The molecule has 2 nitrogen and oxygen atoms in total. The predicted octanol–water partition coefficient (Wildman–Crippen LogP) is 3.69. The summed E-state index contributed by atoms with van der Waals surface area (Å²) in [6, 6.07) is 6.35. The lowest BCUT2D eigenvalue weighted by molar-refractivity contribution is 0.349. The fourth-order valence-corrected chi connectivity index (χ4v) is 2.49. The summed E-state index contributed by atoms with van der Waals surface area (Å²) < 4.78 is 0. The molecule has 16 heavy (non-hydrogen) atoms. The number of anilines is 1. The van der Waals surface area contributed by atoms with Crippen LogP contribution in [0.15, 0.2) is 18.2 Å². The van der Waals surface area contributed by atoms with Gasteiger partial charge in [-0.3, -0.25) is 0 Å². The highest BCUT2D eigenvalue weighted by molar-refractivity contribution is 5.50. The van der Waals surface area contributed by atoms with E-state index in [0.29, 0.717) is 11.8 Å². The van der Waals surface area contributed by atoms with Gasteiger partial charge >= 0.3 is 0 Å². The predicted molar refractivity (Wildman–Crippen MR) is 67.9 cm³/mol. The van der Waals surface area contributed by atoms with Gasteiger partial charge in [0.2, 0.25) is 0 Å². The van der Waals surface area contributed by atoms with Crippen molar-refractivity contribution < 1.29 is 5.11 Å².